The number of carbonyl (C=O) groups excluding carboxylic acids is 1. The van der Waals surface area contributed by atoms with Crippen LogP contribution in [0.3, 0.4) is 0 Å². The van der Waals surface area contributed by atoms with Crippen molar-refractivity contribution in [2.24, 2.45) is 7.05 Å². The summed E-state index contributed by atoms with van der Waals surface area (Å²) >= 11 is 5.88. The van der Waals surface area contributed by atoms with E-state index in [0.29, 0.717) is 16.8 Å². The smallest absolute Gasteiger partial charge is 0.274 e. The molecule has 0 saturated carbocycles. The average Bonchev–Trinajstić information content (AvgIpc) is 3.10. The first-order valence-corrected chi connectivity index (χ1v) is 8.66. The van der Waals surface area contributed by atoms with Crippen molar-refractivity contribution < 1.29 is 9.21 Å². The van der Waals surface area contributed by atoms with Crippen LogP contribution in [0.25, 0.3) is 11.5 Å². The molecule has 3 rings (SSSR count). The Labute approximate surface area is 160 Å². The van der Waals surface area contributed by atoms with Crippen molar-refractivity contribution in [3.05, 3.63) is 63.4 Å². The lowest BCUT2D eigenvalue weighted by Crippen LogP contribution is -2.38. The van der Waals surface area contributed by atoms with E-state index in [1.165, 1.54) is 19.2 Å². The fourth-order valence-electron chi connectivity index (χ4n) is 2.42. The van der Waals surface area contributed by atoms with Crippen molar-refractivity contribution in [2.75, 3.05) is 0 Å². The highest BCUT2D eigenvalue weighted by Gasteiger charge is 2.23. The Bertz CT molecular complexity index is 1010. The molecule has 0 aliphatic heterocycles. The number of nitrogens with zero attached hydrogens (tertiary/aromatic N) is 5. The molecule has 0 radical (unpaired) electrons. The van der Waals surface area contributed by atoms with Gasteiger partial charge in [-0.3, -0.25) is 9.59 Å². The van der Waals surface area contributed by atoms with Crippen LogP contribution in [0.1, 0.15) is 30.2 Å². The van der Waals surface area contributed by atoms with Gasteiger partial charge in [-0.15, -0.1) is 10.2 Å². The Morgan fingerprint density at radius 2 is 1.89 bits per heavy atom. The van der Waals surface area contributed by atoms with E-state index in [1.807, 2.05) is 13.8 Å². The van der Waals surface area contributed by atoms with Crippen molar-refractivity contribution >= 4 is 17.5 Å². The van der Waals surface area contributed by atoms with Gasteiger partial charge < -0.3 is 9.32 Å². The Morgan fingerprint density at radius 1 is 1.19 bits per heavy atom. The van der Waals surface area contributed by atoms with Crippen LogP contribution in [0.15, 0.2) is 45.6 Å². The van der Waals surface area contributed by atoms with E-state index < -0.39 is 0 Å². The second kappa shape index (κ2) is 7.71. The summed E-state index contributed by atoms with van der Waals surface area (Å²) in [5.74, 6) is 0.316. The lowest BCUT2D eigenvalue weighted by molar-refractivity contribution is 0.0663. The lowest BCUT2D eigenvalue weighted by atomic mass is 10.2. The summed E-state index contributed by atoms with van der Waals surface area (Å²) < 4.78 is 6.81. The monoisotopic (exact) mass is 387 g/mol. The summed E-state index contributed by atoms with van der Waals surface area (Å²) in [6.45, 7) is 3.87. The molecule has 0 saturated heterocycles. The van der Waals surface area contributed by atoms with Crippen LogP contribution in [0.4, 0.5) is 0 Å². The largest absolute Gasteiger partial charge is 0.419 e. The van der Waals surface area contributed by atoms with Gasteiger partial charge in [0.1, 0.15) is 5.69 Å². The summed E-state index contributed by atoms with van der Waals surface area (Å²) in [5.41, 5.74) is 0.621. The zero-order valence-electron chi connectivity index (χ0n) is 15.1. The number of aromatic nitrogens is 4. The average molecular weight is 388 g/mol. The first-order valence-electron chi connectivity index (χ1n) is 8.29. The molecule has 0 fully saturated rings. The maximum Gasteiger partial charge on any atom is 0.274 e. The third-order valence-corrected chi connectivity index (χ3v) is 4.18. The van der Waals surface area contributed by atoms with Crippen LogP contribution < -0.4 is 5.56 Å². The van der Waals surface area contributed by atoms with Gasteiger partial charge in [-0.05, 0) is 44.2 Å². The molecule has 0 atom stereocenters. The van der Waals surface area contributed by atoms with Crippen molar-refractivity contribution in [3.63, 3.8) is 0 Å². The second-order valence-corrected chi connectivity index (χ2v) is 6.65. The van der Waals surface area contributed by atoms with Gasteiger partial charge in [-0.2, -0.15) is 5.10 Å². The topological polar surface area (TPSA) is 94.1 Å². The van der Waals surface area contributed by atoms with Gasteiger partial charge in [-0.1, -0.05) is 11.6 Å². The van der Waals surface area contributed by atoms with Crippen LogP contribution in [-0.4, -0.2) is 36.8 Å². The fraction of sp³-hybridized carbons (Fsp3) is 0.278. The molecule has 0 unspecified atom stereocenters. The Hall–Kier alpha value is -3.00. The molecule has 2 aromatic heterocycles. The van der Waals surface area contributed by atoms with Crippen LogP contribution >= 0.6 is 11.6 Å². The molecule has 8 nitrogen and oxygen atoms in total. The van der Waals surface area contributed by atoms with Gasteiger partial charge >= 0.3 is 0 Å². The molecule has 0 N–H and O–H groups in total. The molecule has 0 aliphatic rings. The summed E-state index contributed by atoms with van der Waals surface area (Å²) in [7, 11) is 1.50. The molecule has 1 amide bonds. The highest BCUT2D eigenvalue weighted by atomic mass is 35.5. The van der Waals surface area contributed by atoms with Gasteiger partial charge in [0, 0.05) is 29.7 Å². The molecule has 3 aromatic rings. The van der Waals surface area contributed by atoms with E-state index in [4.69, 9.17) is 16.0 Å². The van der Waals surface area contributed by atoms with Crippen molar-refractivity contribution in [2.45, 2.75) is 26.4 Å². The number of benzene rings is 1. The lowest BCUT2D eigenvalue weighted by Gasteiger charge is -2.24. The first-order chi connectivity index (χ1) is 12.8. The molecule has 0 bridgehead atoms. The fourth-order valence-corrected chi connectivity index (χ4v) is 2.55. The molecule has 27 heavy (non-hydrogen) atoms. The summed E-state index contributed by atoms with van der Waals surface area (Å²) in [6, 6.07) is 9.60. The maximum absolute atomic E-state index is 12.8. The number of hydrogen-bond acceptors (Lipinski definition) is 6. The quantitative estimate of drug-likeness (QED) is 0.667. The van der Waals surface area contributed by atoms with E-state index in [9.17, 15) is 9.59 Å². The minimum atomic E-state index is -0.327. The Kier molecular flexibility index (Phi) is 5.36. The van der Waals surface area contributed by atoms with Gasteiger partial charge in [0.05, 0.1) is 6.54 Å². The van der Waals surface area contributed by atoms with Gasteiger partial charge in [-0.25, -0.2) is 4.68 Å². The number of carbonyl (C=O) groups is 1. The SMILES string of the molecule is CC(C)N(Cc1nnc(-c2ccc(Cl)cc2)o1)C(=O)c1ccc(=O)n(C)n1. The summed E-state index contributed by atoms with van der Waals surface area (Å²) in [4.78, 5) is 25.8. The number of aryl methyl sites for hydroxylation is 1. The molecule has 140 valence electrons. The van der Waals surface area contributed by atoms with Crippen LogP contribution in [-0.2, 0) is 13.6 Å². The van der Waals surface area contributed by atoms with Crippen LogP contribution in [0, 0.1) is 0 Å². The van der Waals surface area contributed by atoms with E-state index in [1.54, 1.807) is 29.2 Å². The van der Waals surface area contributed by atoms with Crippen molar-refractivity contribution in [1.29, 1.82) is 0 Å². The van der Waals surface area contributed by atoms with Crippen LogP contribution in [0.5, 0.6) is 0 Å². The van der Waals surface area contributed by atoms with E-state index >= 15 is 0 Å². The second-order valence-electron chi connectivity index (χ2n) is 6.22. The minimum absolute atomic E-state index is 0.127. The molecule has 0 spiro atoms. The van der Waals surface area contributed by atoms with Gasteiger partial charge in [0.25, 0.3) is 11.5 Å². The Morgan fingerprint density at radius 3 is 2.52 bits per heavy atom. The van der Waals surface area contributed by atoms with Gasteiger partial charge in [0.2, 0.25) is 11.8 Å². The number of hydrogen-bond donors (Lipinski definition) is 0. The summed E-state index contributed by atoms with van der Waals surface area (Å²) in [5, 5.41) is 12.7. The summed E-state index contributed by atoms with van der Waals surface area (Å²) in [6.07, 6.45) is 0. The minimum Gasteiger partial charge on any atom is -0.419 e. The maximum atomic E-state index is 12.8. The first kappa shape index (κ1) is 18.8. The zero-order valence-corrected chi connectivity index (χ0v) is 15.8. The highest BCUT2D eigenvalue weighted by molar-refractivity contribution is 6.30. The number of rotatable bonds is 5. The van der Waals surface area contributed by atoms with E-state index in [-0.39, 0.29) is 29.7 Å². The number of halogens is 1. The third kappa shape index (κ3) is 4.22. The standard InChI is InChI=1S/C18H18ClN5O3/c1-11(2)24(18(26)14-8-9-16(25)23(3)22-14)10-15-20-21-17(27-15)12-4-6-13(19)7-5-12/h4-9,11H,10H2,1-3H3. The van der Waals surface area contributed by atoms with E-state index in [2.05, 4.69) is 15.3 Å². The highest BCUT2D eigenvalue weighted by Crippen LogP contribution is 2.21. The molecule has 9 heteroatoms. The predicted octanol–water partition coefficient (Wildman–Crippen LogP) is 2.53. The molecule has 1 aromatic carbocycles. The normalized spacial score (nSPS) is 11.0. The van der Waals surface area contributed by atoms with Crippen molar-refractivity contribution in [3.8, 4) is 11.5 Å². The molecular weight excluding hydrogens is 370 g/mol. The predicted molar refractivity (Wildman–Crippen MR) is 99.2 cm³/mol. The van der Waals surface area contributed by atoms with Crippen LogP contribution in [0.2, 0.25) is 5.02 Å². The third-order valence-electron chi connectivity index (χ3n) is 3.93. The molecule has 2 heterocycles. The number of amides is 1. The van der Waals surface area contributed by atoms with E-state index in [0.717, 1.165) is 10.2 Å². The zero-order chi connectivity index (χ0) is 19.6. The van der Waals surface area contributed by atoms with Crippen molar-refractivity contribution in [1.82, 2.24) is 24.9 Å². The van der Waals surface area contributed by atoms with Gasteiger partial charge in [0.15, 0.2) is 0 Å². The Balaban J connectivity index is 1.82. The molecule has 0 aliphatic carbocycles. The molecular formula is C18H18ClN5O3.